The van der Waals surface area contributed by atoms with Crippen molar-refractivity contribution >= 4 is 0 Å². The van der Waals surface area contributed by atoms with Crippen LogP contribution in [0.3, 0.4) is 0 Å². The summed E-state index contributed by atoms with van der Waals surface area (Å²) in [7, 11) is 0. The molecule has 30 heavy (non-hydrogen) atoms. The summed E-state index contributed by atoms with van der Waals surface area (Å²) in [6, 6.07) is 0.530. The van der Waals surface area contributed by atoms with Crippen molar-refractivity contribution in [1.29, 1.82) is 0 Å². The van der Waals surface area contributed by atoms with E-state index >= 15 is 0 Å². The molecule has 0 radical (unpaired) electrons. The normalized spacial score (nSPS) is 55.0. The molecule has 0 bridgehead atoms. The number of allylic oxidation sites excluding steroid dienone is 2. The summed E-state index contributed by atoms with van der Waals surface area (Å²) in [6.45, 7) is 10.9. The van der Waals surface area contributed by atoms with Crippen molar-refractivity contribution in [3.05, 3.63) is 22.8 Å². The highest BCUT2D eigenvalue weighted by Crippen LogP contribution is 2.65. The van der Waals surface area contributed by atoms with Crippen molar-refractivity contribution < 1.29 is 9.84 Å². The first-order valence-electron chi connectivity index (χ1n) is 12.8. The van der Waals surface area contributed by atoms with Gasteiger partial charge in [-0.25, -0.2) is 0 Å². The number of aliphatic hydroxyl groups is 1. The van der Waals surface area contributed by atoms with Crippen LogP contribution in [0.4, 0.5) is 0 Å². The minimum Gasteiger partial charge on any atom is -0.393 e. The first kappa shape index (κ1) is 20.0. The van der Waals surface area contributed by atoms with Crippen molar-refractivity contribution in [1.82, 2.24) is 5.32 Å². The standard InChI is InChI=1S/C27H41NO2/c1-15-11-24-25(28-14-15)17(3)27(30-24)10-8-20-21-6-5-18-12-19(29)7-9-26(18,4)23(21)13-22(20)16(27)2/h5,15,17,19-21,23-25,28-29H,6-14H2,1-4H3/t15-,17+,19-,20-,21+,23-,24-,25-,26+,27-/m1/s1. The Morgan fingerprint density at radius 1 is 1.17 bits per heavy atom. The van der Waals surface area contributed by atoms with Crippen LogP contribution in [0.15, 0.2) is 22.8 Å². The van der Waals surface area contributed by atoms with Gasteiger partial charge in [-0.15, -0.1) is 0 Å². The number of hydrogen-bond acceptors (Lipinski definition) is 3. The average Bonchev–Trinajstić information content (AvgIpc) is 3.23. The summed E-state index contributed by atoms with van der Waals surface area (Å²) in [4.78, 5) is 0. The van der Waals surface area contributed by atoms with Crippen molar-refractivity contribution in [2.24, 2.45) is 35.0 Å². The Kier molecular flexibility index (Phi) is 4.46. The highest BCUT2D eigenvalue weighted by atomic mass is 16.5. The molecule has 2 saturated carbocycles. The lowest BCUT2D eigenvalue weighted by Gasteiger charge is -2.49. The molecule has 0 aromatic rings. The van der Waals surface area contributed by atoms with Crippen molar-refractivity contribution in [2.45, 2.75) is 103 Å². The van der Waals surface area contributed by atoms with E-state index in [-0.39, 0.29) is 11.7 Å². The minimum absolute atomic E-state index is 0.0222. The maximum absolute atomic E-state index is 10.3. The Morgan fingerprint density at radius 3 is 2.83 bits per heavy atom. The van der Waals surface area contributed by atoms with Gasteiger partial charge in [0.1, 0.15) is 0 Å². The largest absolute Gasteiger partial charge is 0.393 e. The van der Waals surface area contributed by atoms with E-state index in [0.29, 0.717) is 23.5 Å². The third kappa shape index (κ3) is 2.55. The van der Waals surface area contributed by atoms with E-state index in [9.17, 15) is 5.11 Å². The molecule has 2 aliphatic heterocycles. The van der Waals surface area contributed by atoms with Gasteiger partial charge in [0.25, 0.3) is 0 Å². The van der Waals surface area contributed by atoms with Crippen LogP contribution in [0.25, 0.3) is 0 Å². The van der Waals surface area contributed by atoms with Gasteiger partial charge in [0.15, 0.2) is 0 Å². The van der Waals surface area contributed by atoms with Gasteiger partial charge < -0.3 is 15.2 Å². The van der Waals surface area contributed by atoms with Gasteiger partial charge in [0.2, 0.25) is 0 Å². The lowest BCUT2D eigenvalue weighted by molar-refractivity contribution is -0.0549. The molecule has 0 unspecified atom stereocenters. The topological polar surface area (TPSA) is 41.5 Å². The zero-order chi connectivity index (χ0) is 20.8. The molecule has 4 fully saturated rings. The van der Waals surface area contributed by atoms with Crippen molar-refractivity contribution in [3.8, 4) is 0 Å². The van der Waals surface area contributed by atoms with E-state index in [1.54, 1.807) is 16.7 Å². The second-order valence-electron chi connectivity index (χ2n) is 12.2. The molecule has 2 saturated heterocycles. The van der Waals surface area contributed by atoms with Crippen LogP contribution in [0.2, 0.25) is 0 Å². The lowest BCUT2D eigenvalue weighted by Crippen LogP contribution is -2.49. The number of piperidine rings is 1. The van der Waals surface area contributed by atoms with E-state index in [2.05, 4.69) is 39.1 Å². The first-order valence-corrected chi connectivity index (χ1v) is 12.8. The number of ether oxygens (including phenoxy) is 1. The van der Waals surface area contributed by atoms with Crippen molar-refractivity contribution in [3.63, 3.8) is 0 Å². The summed E-state index contributed by atoms with van der Waals surface area (Å²) >= 11 is 0. The molecule has 4 aliphatic carbocycles. The summed E-state index contributed by atoms with van der Waals surface area (Å²) in [6.07, 6.45) is 12.2. The van der Waals surface area contributed by atoms with E-state index in [1.165, 1.54) is 38.5 Å². The third-order valence-corrected chi connectivity index (χ3v) is 10.9. The van der Waals surface area contributed by atoms with Gasteiger partial charge in [-0.05, 0) is 99.5 Å². The molecule has 0 amide bonds. The van der Waals surface area contributed by atoms with Crippen molar-refractivity contribution in [2.75, 3.05) is 6.54 Å². The van der Waals surface area contributed by atoms with Crippen LogP contribution < -0.4 is 5.32 Å². The van der Waals surface area contributed by atoms with E-state index < -0.39 is 0 Å². The first-order chi connectivity index (χ1) is 14.3. The molecule has 10 atom stereocenters. The Morgan fingerprint density at radius 2 is 2.00 bits per heavy atom. The molecule has 166 valence electrons. The maximum atomic E-state index is 10.3. The van der Waals surface area contributed by atoms with Gasteiger partial charge in [0, 0.05) is 12.0 Å². The van der Waals surface area contributed by atoms with Gasteiger partial charge >= 0.3 is 0 Å². The highest BCUT2D eigenvalue weighted by molar-refractivity contribution is 5.38. The summed E-state index contributed by atoms with van der Waals surface area (Å²) in [5.74, 6) is 3.64. The molecule has 0 aromatic heterocycles. The van der Waals surface area contributed by atoms with Gasteiger partial charge in [-0.3, -0.25) is 0 Å². The number of fused-ring (bicyclic) bond motifs is 6. The highest BCUT2D eigenvalue weighted by Gasteiger charge is 2.60. The molecule has 1 spiro atoms. The molecular formula is C27H41NO2. The number of nitrogens with one attached hydrogen (secondary N) is 1. The second-order valence-corrected chi connectivity index (χ2v) is 12.2. The predicted molar refractivity (Wildman–Crippen MR) is 120 cm³/mol. The van der Waals surface area contributed by atoms with Crippen LogP contribution in [0.1, 0.15) is 79.1 Å². The second kappa shape index (κ2) is 6.68. The number of hydrogen-bond donors (Lipinski definition) is 2. The molecular weight excluding hydrogens is 370 g/mol. The molecule has 0 aromatic carbocycles. The summed E-state index contributed by atoms with van der Waals surface area (Å²) < 4.78 is 7.03. The molecule has 2 N–H and O–H groups in total. The molecule has 6 aliphatic rings. The smallest absolute Gasteiger partial charge is 0.0937 e. The van der Waals surface area contributed by atoms with Gasteiger partial charge in [-0.2, -0.15) is 0 Å². The predicted octanol–water partition coefficient (Wildman–Crippen LogP) is 5.00. The van der Waals surface area contributed by atoms with Crippen LogP contribution in [-0.2, 0) is 4.74 Å². The molecule has 3 heteroatoms. The van der Waals surface area contributed by atoms with E-state index in [0.717, 1.165) is 43.1 Å². The Labute approximate surface area is 182 Å². The van der Waals surface area contributed by atoms with Crippen LogP contribution >= 0.6 is 0 Å². The maximum Gasteiger partial charge on any atom is 0.0937 e. The Hall–Kier alpha value is -0.640. The fraction of sp³-hybridized carbons (Fsp3) is 0.852. The zero-order valence-corrected chi connectivity index (χ0v) is 19.4. The fourth-order valence-electron chi connectivity index (χ4n) is 9.09. The third-order valence-electron chi connectivity index (χ3n) is 10.9. The Balaban J connectivity index is 1.34. The molecule has 2 heterocycles. The van der Waals surface area contributed by atoms with Gasteiger partial charge in [0.05, 0.1) is 17.8 Å². The number of aliphatic hydroxyl groups excluding tert-OH is 1. The summed E-state index contributed by atoms with van der Waals surface area (Å²) in [5.41, 5.74) is 5.25. The van der Waals surface area contributed by atoms with Gasteiger partial charge in [-0.1, -0.05) is 38.0 Å². The van der Waals surface area contributed by atoms with E-state index in [4.69, 9.17) is 4.74 Å². The van der Waals surface area contributed by atoms with Crippen LogP contribution in [-0.4, -0.2) is 35.5 Å². The quantitative estimate of drug-likeness (QED) is 0.551. The lowest BCUT2D eigenvalue weighted by atomic mass is 9.56. The minimum atomic E-state index is -0.111. The average molecular weight is 412 g/mol. The monoisotopic (exact) mass is 411 g/mol. The molecule has 3 nitrogen and oxygen atoms in total. The summed E-state index contributed by atoms with van der Waals surface area (Å²) in [5, 5.41) is 14.1. The zero-order valence-electron chi connectivity index (χ0n) is 19.4. The SMILES string of the molecule is CC1=C2C[C@@H]3[C@@H](CC=C4C[C@H](O)CC[C@@]43C)[C@H]2CC[C@@]12O[C@@H]1C[C@@H](C)CN[C@@H]1[C@@H]2C. The Bertz CT molecular complexity index is 801. The molecule has 6 rings (SSSR count). The van der Waals surface area contributed by atoms with Crippen LogP contribution in [0.5, 0.6) is 0 Å². The number of rotatable bonds is 0. The fourth-order valence-corrected chi connectivity index (χ4v) is 9.09. The van der Waals surface area contributed by atoms with Crippen LogP contribution in [0, 0.1) is 35.0 Å². The van der Waals surface area contributed by atoms with E-state index in [1.807, 2.05) is 0 Å².